The first-order valence-electron chi connectivity index (χ1n) is 12.9. The number of carboxylic acids is 1. The lowest BCUT2D eigenvalue weighted by Crippen LogP contribution is -2.32. The molecule has 0 saturated heterocycles. The summed E-state index contributed by atoms with van der Waals surface area (Å²) in [6, 6.07) is 6.94. The average molecular weight is 466 g/mol. The second kappa shape index (κ2) is 10.3. The van der Waals surface area contributed by atoms with Crippen molar-refractivity contribution in [3.63, 3.8) is 0 Å². The largest absolute Gasteiger partial charge is 0.481 e. The van der Waals surface area contributed by atoms with Gasteiger partial charge in [-0.2, -0.15) is 0 Å². The molecular weight excluding hydrogens is 429 g/mol. The summed E-state index contributed by atoms with van der Waals surface area (Å²) in [7, 11) is 0. The van der Waals surface area contributed by atoms with Gasteiger partial charge in [-0.15, -0.1) is 0 Å². The summed E-state index contributed by atoms with van der Waals surface area (Å²) in [5.74, 6) is 0.973. The van der Waals surface area contributed by atoms with Gasteiger partial charge in [-0.25, -0.2) is 4.39 Å². The second-order valence-corrected chi connectivity index (χ2v) is 10.3. The van der Waals surface area contributed by atoms with Crippen molar-refractivity contribution in [1.82, 2.24) is 9.47 Å². The van der Waals surface area contributed by atoms with Crippen LogP contribution in [0.25, 0.3) is 6.08 Å². The number of carbonyl (C=O) groups is 1. The van der Waals surface area contributed by atoms with E-state index in [0.717, 1.165) is 63.8 Å². The SMILES string of the molecule is O=C(O)C1CCC(CCCCN2CCc3c4c(n(Cc5cccc(F)c5)c3C2)NCC=C4)CC1. The van der Waals surface area contributed by atoms with E-state index in [1.807, 2.05) is 6.07 Å². The number of carboxylic acid groups (broad SMARTS) is 1. The summed E-state index contributed by atoms with van der Waals surface area (Å²) in [4.78, 5) is 13.7. The summed E-state index contributed by atoms with van der Waals surface area (Å²) in [5, 5.41) is 12.8. The molecule has 0 amide bonds. The van der Waals surface area contributed by atoms with Gasteiger partial charge in [-0.05, 0) is 74.2 Å². The van der Waals surface area contributed by atoms with E-state index in [0.29, 0.717) is 12.5 Å². The highest BCUT2D eigenvalue weighted by Crippen LogP contribution is 2.36. The molecule has 0 radical (unpaired) electrons. The summed E-state index contributed by atoms with van der Waals surface area (Å²) in [6.07, 6.45) is 13.0. The maximum absolute atomic E-state index is 13.8. The first-order chi connectivity index (χ1) is 16.6. The second-order valence-electron chi connectivity index (χ2n) is 10.3. The third-order valence-corrected chi connectivity index (χ3v) is 8.01. The number of aromatic nitrogens is 1. The molecule has 2 aliphatic heterocycles. The van der Waals surface area contributed by atoms with E-state index < -0.39 is 5.97 Å². The van der Waals surface area contributed by atoms with Gasteiger partial charge in [-0.3, -0.25) is 9.69 Å². The zero-order valence-corrected chi connectivity index (χ0v) is 19.9. The van der Waals surface area contributed by atoms with Crippen molar-refractivity contribution in [2.45, 2.75) is 64.5 Å². The molecule has 2 N–H and O–H groups in total. The predicted molar refractivity (Wildman–Crippen MR) is 133 cm³/mol. The number of unbranched alkanes of at least 4 members (excludes halogenated alkanes) is 1. The summed E-state index contributed by atoms with van der Waals surface area (Å²) in [5.41, 5.74) is 5.12. The first kappa shape index (κ1) is 23.2. The van der Waals surface area contributed by atoms with Crippen molar-refractivity contribution < 1.29 is 14.3 Å². The van der Waals surface area contributed by atoms with Crippen molar-refractivity contribution in [2.75, 3.05) is 25.0 Å². The smallest absolute Gasteiger partial charge is 0.306 e. The molecule has 1 saturated carbocycles. The van der Waals surface area contributed by atoms with Gasteiger partial charge in [0.05, 0.1) is 5.92 Å². The lowest BCUT2D eigenvalue weighted by atomic mass is 9.80. The van der Waals surface area contributed by atoms with E-state index in [1.54, 1.807) is 12.1 Å². The van der Waals surface area contributed by atoms with Crippen LogP contribution in [0, 0.1) is 17.7 Å². The molecule has 1 aromatic carbocycles. The zero-order chi connectivity index (χ0) is 23.5. The third kappa shape index (κ3) is 5.07. The first-order valence-corrected chi connectivity index (χ1v) is 12.9. The van der Waals surface area contributed by atoms with Crippen LogP contribution in [-0.4, -0.2) is 40.2 Å². The molecule has 0 spiro atoms. The number of nitrogens with zero attached hydrogens (tertiary/aromatic N) is 2. The van der Waals surface area contributed by atoms with Crippen LogP contribution in [0.4, 0.5) is 10.2 Å². The highest BCUT2D eigenvalue weighted by atomic mass is 19.1. The van der Waals surface area contributed by atoms with Crippen LogP contribution >= 0.6 is 0 Å². The van der Waals surface area contributed by atoms with E-state index in [9.17, 15) is 14.3 Å². The van der Waals surface area contributed by atoms with Gasteiger partial charge in [0.25, 0.3) is 0 Å². The number of aliphatic carboxylic acids is 1. The van der Waals surface area contributed by atoms with Crippen LogP contribution in [0.1, 0.15) is 67.3 Å². The molecule has 182 valence electrons. The number of hydrogen-bond donors (Lipinski definition) is 2. The van der Waals surface area contributed by atoms with Crippen LogP contribution in [0.2, 0.25) is 0 Å². The number of benzene rings is 1. The molecule has 0 unspecified atom stereocenters. The van der Waals surface area contributed by atoms with Crippen LogP contribution < -0.4 is 5.32 Å². The highest BCUT2D eigenvalue weighted by molar-refractivity contribution is 5.73. The van der Waals surface area contributed by atoms with Crippen LogP contribution in [0.5, 0.6) is 0 Å². The van der Waals surface area contributed by atoms with Gasteiger partial charge in [0, 0.05) is 37.4 Å². The van der Waals surface area contributed by atoms with Crippen molar-refractivity contribution in [3.05, 3.63) is 58.5 Å². The Labute approximate surface area is 201 Å². The van der Waals surface area contributed by atoms with Crippen LogP contribution in [0.15, 0.2) is 30.3 Å². The minimum atomic E-state index is -0.613. The lowest BCUT2D eigenvalue weighted by molar-refractivity contribution is -0.143. The molecule has 6 heteroatoms. The standard InChI is InChI=1S/C28H36FN3O2/c29-23-7-3-6-21(17-23)18-32-26-19-31(16-13-24(26)25-8-4-14-30-27(25)32)15-2-1-5-20-9-11-22(12-10-20)28(33)34/h3-4,6-8,17,20,22,30H,1-2,5,9-16,18-19H2,(H,33,34). The molecule has 5 nitrogen and oxygen atoms in total. The van der Waals surface area contributed by atoms with E-state index >= 15 is 0 Å². The van der Waals surface area contributed by atoms with Gasteiger partial charge in [0.1, 0.15) is 11.6 Å². The van der Waals surface area contributed by atoms with Crippen molar-refractivity contribution >= 4 is 17.9 Å². The minimum absolute atomic E-state index is 0.113. The fourth-order valence-electron chi connectivity index (χ4n) is 6.11. The minimum Gasteiger partial charge on any atom is -0.481 e. The monoisotopic (exact) mass is 465 g/mol. The zero-order valence-electron chi connectivity index (χ0n) is 19.9. The van der Waals surface area contributed by atoms with Crippen molar-refractivity contribution in [1.29, 1.82) is 0 Å². The Morgan fingerprint density at radius 1 is 1.18 bits per heavy atom. The Morgan fingerprint density at radius 3 is 2.82 bits per heavy atom. The van der Waals surface area contributed by atoms with E-state index in [1.165, 1.54) is 48.0 Å². The maximum Gasteiger partial charge on any atom is 0.306 e. The van der Waals surface area contributed by atoms with Crippen LogP contribution in [-0.2, 0) is 24.3 Å². The van der Waals surface area contributed by atoms with Gasteiger partial charge in [-0.1, -0.05) is 37.1 Å². The number of nitrogens with one attached hydrogen (secondary N) is 1. The van der Waals surface area contributed by atoms with E-state index in [4.69, 9.17) is 0 Å². The molecule has 2 aromatic rings. The molecule has 0 atom stereocenters. The molecular formula is C28H36FN3O2. The number of hydrogen-bond acceptors (Lipinski definition) is 3. The fourth-order valence-corrected chi connectivity index (χ4v) is 6.11. The predicted octanol–water partition coefficient (Wildman–Crippen LogP) is 5.53. The summed E-state index contributed by atoms with van der Waals surface area (Å²) >= 11 is 0. The van der Waals surface area contributed by atoms with Crippen molar-refractivity contribution in [3.8, 4) is 0 Å². The Kier molecular flexibility index (Phi) is 7.05. The van der Waals surface area contributed by atoms with Crippen molar-refractivity contribution in [2.24, 2.45) is 11.8 Å². The Morgan fingerprint density at radius 2 is 2.03 bits per heavy atom. The molecule has 34 heavy (non-hydrogen) atoms. The fraction of sp³-hybridized carbons (Fsp3) is 0.536. The lowest BCUT2D eigenvalue weighted by Gasteiger charge is -2.29. The van der Waals surface area contributed by atoms with E-state index in [2.05, 4.69) is 26.9 Å². The Bertz CT molecular complexity index is 1050. The molecule has 3 heterocycles. The summed E-state index contributed by atoms with van der Waals surface area (Å²) < 4.78 is 16.2. The van der Waals surface area contributed by atoms with Gasteiger partial charge < -0.3 is 15.0 Å². The van der Waals surface area contributed by atoms with Gasteiger partial charge in [0.15, 0.2) is 0 Å². The van der Waals surface area contributed by atoms with E-state index in [-0.39, 0.29) is 11.7 Å². The summed E-state index contributed by atoms with van der Waals surface area (Å²) in [6.45, 7) is 4.64. The molecule has 5 rings (SSSR count). The van der Waals surface area contributed by atoms with Gasteiger partial charge >= 0.3 is 5.97 Å². The average Bonchev–Trinajstić information content (AvgIpc) is 3.15. The Balaban J connectivity index is 1.19. The topological polar surface area (TPSA) is 57.5 Å². The maximum atomic E-state index is 13.8. The van der Waals surface area contributed by atoms with Gasteiger partial charge in [0.2, 0.25) is 0 Å². The number of fused-ring (bicyclic) bond motifs is 3. The molecule has 1 aromatic heterocycles. The highest BCUT2D eigenvalue weighted by Gasteiger charge is 2.28. The molecule has 1 fully saturated rings. The molecule has 1 aliphatic carbocycles. The van der Waals surface area contributed by atoms with Crippen LogP contribution in [0.3, 0.4) is 0 Å². The number of halogens is 1. The third-order valence-electron chi connectivity index (χ3n) is 8.01. The Hall–Kier alpha value is -2.60. The molecule has 3 aliphatic rings. The normalized spacial score (nSPS) is 22.1. The number of anilines is 1. The number of rotatable bonds is 8. The molecule has 0 bridgehead atoms. The quantitative estimate of drug-likeness (QED) is 0.503.